The van der Waals surface area contributed by atoms with Crippen LogP contribution in [0.1, 0.15) is 78.1 Å². The molecule has 7 nitrogen and oxygen atoms in total. The van der Waals surface area contributed by atoms with Gasteiger partial charge in [0.15, 0.2) is 0 Å². The molecule has 7 rings (SSSR count). The quantitative estimate of drug-likeness (QED) is 0.214. The van der Waals surface area contributed by atoms with Crippen molar-refractivity contribution in [2.45, 2.75) is 75.6 Å². The summed E-state index contributed by atoms with van der Waals surface area (Å²) in [5.74, 6) is 4.41. The Labute approximate surface area is 287 Å². The van der Waals surface area contributed by atoms with E-state index in [1.54, 1.807) is 17.4 Å². The summed E-state index contributed by atoms with van der Waals surface area (Å²) in [6.07, 6.45) is 9.36. The van der Waals surface area contributed by atoms with Crippen LogP contribution in [-0.4, -0.2) is 51.0 Å². The number of benzene rings is 2. The molecule has 250 valence electrons. The molecule has 1 saturated carbocycles. The minimum absolute atomic E-state index is 0.0366. The van der Waals surface area contributed by atoms with Gasteiger partial charge in [-0.05, 0) is 112 Å². The zero-order chi connectivity index (χ0) is 33.1. The Morgan fingerprint density at radius 1 is 1.21 bits per heavy atom. The summed E-state index contributed by atoms with van der Waals surface area (Å²) in [6, 6.07) is 11.7. The predicted octanol–water partition coefficient (Wildman–Crippen LogP) is 6.84. The fraction of sp³-hybridized carbons (Fsp3) is 0.486. The van der Waals surface area contributed by atoms with E-state index in [2.05, 4.69) is 27.6 Å². The Hall–Kier alpha value is -2.85. The highest BCUT2D eigenvalue weighted by molar-refractivity contribution is 7.99. The average molecular weight is 694 g/mol. The minimum Gasteiger partial charge on any atom is -0.490 e. The molecule has 1 fully saturated rings. The summed E-state index contributed by atoms with van der Waals surface area (Å²) < 4.78 is 23.3. The fourth-order valence-corrected chi connectivity index (χ4v) is 10.5. The molecule has 1 unspecified atom stereocenters. The standard InChI is InChI=1S/C37H44ClN3O4S2/c1-23-7-5-16-37(43,34-20-46-25(3)39-34)31-12-9-28(31)19-41-21-36(15-6-8-26-17-29(38)11-13-30(26)36)22-45-33-14-10-27(18-32(33)41)35(42)40-47(4,44)24(23)2/h5,10-11,13-14,16-18,20,23-24,28,31,43H,4,6-9,12,15,19,21-22H2,1-3H3,(H,40,42,44)/b16-5+/t23-,24+,28-,31+,36-,37-,47?/m0/s1. The SMILES string of the molecule is C=S1(=O)NC(=O)c2ccc3c(c2)N(C[C@@H]2CC[C@H]2[C@](O)(c2csc(C)n2)/C=C/C[C@H](C)[C@H]1C)C[C@@]1(CCCc2cc(Cl)ccc21)CO3. The number of aromatic nitrogens is 1. The number of nitrogens with zero attached hydrogens (tertiary/aromatic N) is 2. The van der Waals surface area contributed by atoms with Gasteiger partial charge in [0.05, 0.1) is 32.7 Å². The molecule has 47 heavy (non-hydrogen) atoms. The lowest BCUT2D eigenvalue weighted by Gasteiger charge is -2.48. The number of carbonyl (C=O) groups excluding carboxylic acids is 1. The Morgan fingerprint density at radius 2 is 2.04 bits per heavy atom. The third kappa shape index (κ3) is 5.91. The van der Waals surface area contributed by atoms with E-state index in [1.165, 1.54) is 11.1 Å². The molecular weight excluding hydrogens is 650 g/mol. The number of aliphatic hydroxyl groups is 1. The van der Waals surface area contributed by atoms with Gasteiger partial charge in [-0.15, -0.1) is 11.3 Å². The van der Waals surface area contributed by atoms with Crippen LogP contribution in [0.3, 0.4) is 0 Å². The first-order valence-electron chi connectivity index (χ1n) is 16.7. The lowest BCUT2D eigenvalue weighted by Crippen LogP contribution is -2.51. The molecule has 2 aliphatic heterocycles. The molecule has 0 saturated heterocycles. The van der Waals surface area contributed by atoms with Gasteiger partial charge in [-0.1, -0.05) is 36.7 Å². The number of nitrogens with one attached hydrogen (secondary N) is 1. The van der Waals surface area contributed by atoms with E-state index in [9.17, 15) is 14.1 Å². The van der Waals surface area contributed by atoms with E-state index in [-0.39, 0.29) is 23.2 Å². The Morgan fingerprint density at radius 3 is 2.79 bits per heavy atom. The third-order valence-corrected chi connectivity index (χ3v) is 14.5. The molecule has 0 radical (unpaired) electrons. The number of ether oxygens (including phenoxy) is 1. The van der Waals surface area contributed by atoms with Crippen molar-refractivity contribution in [2.75, 3.05) is 24.6 Å². The van der Waals surface area contributed by atoms with Gasteiger partial charge in [0, 0.05) is 45.6 Å². The predicted molar refractivity (Wildman–Crippen MR) is 192 cm³/mol. The number of allylic oxidation sites excluding steroid dienone is 1. The van der Waals surface area contributed by atoms with Crippen LogP contribution >= 0.6 is 22.9 Å². The van der Waals surface area contributed by atoms with Gasteiger partial charge in [0.2, 0.25) is 0 Å². The molecule has 7 atom stereocenters. The summed E-state index contributed by atoms with van der Waals surface area (Å²) in [7, 11) is -2.99. The van der Waals surface area contributed by atoms with Crippen LogP contribution in [0.25, 0.3) is 0 Å². The molecule has 3 aromatic rings. The first kappa shape index (κ1) is 32.7. The number of halogens is 1. The van der Waals surface area contributed by atoms with Crippen LogP contribution in [0.15, 0.2) is 53.9 Å². The van der Waals surface area contributed by atoms with E-state index in [0.29, 0.717) is 37.4 Å². The van der Waals surface area contributed by atoms with E-state index in [0.717, 1.165) is 53.6 Å². The second-order valence-corrected chi connectivity index (χ2v) is 18.2. The van der Waals surface area contributed by atoms with Crippen LogP contribution < -0.4 is 14.4 Å². The van der Waals surface area contributed by atoms with E-state index in [1.807, 2.05) is 56.5 Å². The molecule has 3 heterocycles. The smallest absolute Gasteiger partial charge is 0.262 e. The normalized spacial score (nSPS) is 34.7. The van der Waals surface area contributed by atoms with Gasteiger partial charge >= 0.3 is 0 Å². The van der Waals surface area contributed by atoms with Gasteiger partial charge in [0.25, 0.3) is 5.91 Å². The van der Waals surface area contributed by atoms with Crippen molar-refractivity contribution in [3.05, 3.63) is 86.3 Å². The lowest BCUT2D eigenvalue weighted by molar-refractivity contribution is -0.0526. The van der Waals surface area contributed by atoms with Crippen LogP contribution in [0.5, 0.6) is 5.75 Å². The first-order chi connectivity index (χ1) is 22.4. The number of hydrogen-bond acceptors (Lipinski definition) is 7. The maximum absolute atomic E-state index is 13.8. The van der Waals surface area contributed by atoms with Crippen LogP contribution in [0.2, 0.25) is 5.02 Å². The third-order valence-electron chi connectivity index (χ3n) is 11.3. The highest BCUT2D eigenvalue weighted by atomic mass is 35.5. The number of anilines is 1. The number of thiazole rings is 1. The second kappa shape index (κ2) is 12.2. The number of aryl methyl sites for hydroxylation is 2. The van der Waals surface area contributed by atoms with Crippen molar-refractivity contribution in [1.82, 2.24) is 9.71 Å². The van der Waals surface area contributed by atoms with Crippen molar-refractivity contribution >= 4 is 50.1 Å². The minimum atomic E-state index is -2.99. The molecule has 1 spiro atoms. The van der Waals surface area contributed by atoms with Gasteiger partial charge < -0.3 is 14.7 Å². The van der Waals surface area contributed by atoms with Crippen molar-refractivity contribution in [1.29, 1.82) is 0 Å². The van der Waals surface area contributed by atoms with Crippen molar-refractivity contribution < 1.29 is 18.8 Å². The largest absolute Gasteiger partial charge is 0.490 e. The van der Waals surface area contributed by atoms with Crippen molar-refractivity contribution in [3.63, 3.8) is 0 Å². The Bertz CT molecular complexity index is 1840. The number of hydrogen-bond donors (Lipinski definition) is 2. The average Bonchev–Trinajstić information content (AvgIpc) is 3.40. The summed E-state index contributed by atoms with van der Waals surface area (Å²) in [6.45, 7) is 7.76. The maximum Gasteiger partial charge on any atom is 0.262 e. The maximum atomic E-state index is 13.8. The molecule has 1 aromatic heterocycles. The summed E-state index contributed by atoms with van der Waals surface area (Å²) in [4.78, 5) is 20.8. The first-order valence-corrected chi connectivity index (χ1v) is 19.7. The number of rotatable bonds is 1. The van der Waals surface area contributed by atoms with Crippen molar-refractivity contribution in [3.8, 4) is 5.75 Å². The van der Waals surface area contributed by atoms with Crippen LogP contribution in [0, 0.1) is 24.7 Å². The molecule has 2 aliphatic carbocycles. The number of carbonyl (C=O) groups is 1. The Kier molecular flexibility index (Phi) is 8.51. The lowest BCUT2D eigenvalue weighted by atomic mass is 9.63. The molecule has 10 heteroatoms. The highest BCUT2D eigenvalue weighted by Crippen LogP contribution is 2.51. The van der Waals surface area contributed by atoms with Gasteiger partial charge in [-0.3, -0.25) is 9.52 Å². The van der Waals surface area contributed by atoms with Gasteiger partial charge in [-0.25, -0.2) is 9.19 Å². The summed E-state index contributed by atoms with van der Waals surface area (Å²) in [5.41, 5.74) is 3.00. The number of amides is 1. The zero-order valence-electron chi connectivity index (χ0n) is 27.3. The molecule has 1 amide bonds. The molecule has 2 aromatic carbocycles. The molecule has 4 aliphatic rings. The summed E-state index contributed by atoms with van der Waals surface area (Å²) in [5, 5.41) is 15.8. The van der Waals surface area contributed by atoms with Crippen LogP contribution in [0.4, 0.5) is 5.69 Å². The van der Waals surface area contributed by atoms with E-state index in [4.69, 9.17) is 21.3 Å². The number of fused-ring (bicyclic) bond motifs is 4. The highest BCUT2D eigenvalue weighted by Gasteiger charge is 2.49. The second-order valence-electron chi connectivity index (χ2n) is 14.3. The fourth-order valence-electron chi connectivity index (χ4n) is 8.19. The molecular formula is C37H44ClN3O4S2. The topological polar surface area (TPSA) is 91.8 Å². The van der Waals surface area contributed by atoms with Crippen LogP contribution in [-0.2, 0) is 27.1 Å². The summed E-state index contributed by atoms with van der Waals surface area (Å²) >= 11 is 8.01. The van der Waals surface area contributed by atoms with E-state index < -0.39 is 26.5 Å². The van der Waals surface area contributed by atoms with Gasteiger partial charge in [0.1, 0.15) is 11.4 Å². The Balaban J connectivity index is 1.35. The molecule has 2 bridgehead atoms. The van der Waals surface area contributed by atoms with Crippen molar-refractivity contribution in [2.24, 2.45) is 17.8 Å². The van der Waals surface area contributed by atoms with Gasteiger partial charge in [-0.2, -0.15) is 0 Å². The molecule has 2 N–H and O–H groups in total. The van der Waals surface area contributed by atoms with E-state index >= 15 is 0 Å². The monoisotopic (exact) mass is 693 g/mol. The zero-order valence-corrected chi connectivity index (χ0v) is 29.7.